The zero-order valence-corrected chi connectivity index (χ0v) is 18.8. The molecule has 0 spiro atoms. The van der Waals surface area contributed by atoms with E-state index in [2.05, 4.69) is 33.0 Å². The lowest BCUT2D eigenvalue weighted by atomic mass is 10.00. The van der Waals surface area contributed by atoms with Gasteiger partial charge in [0.05, 0.1) is 35.2 Å². The predicted molar refractivity (Wildman–Crippen MR) is 125 cm³/mol. The van der Waals surface area contributed by atoms with Gasteiger partial charge in [0.25, 0.3) is 5.91 Å². The van der Waals surface area contributed by atoms with Crippen molar-refractivity contribution >= 4 is 23.0 Å². The normalized spacial score (nSPS) is 17.9. The molecule has 2 atom stereocenters. The number of nitrogens with two attached hydrogens (primary N) is 1. The monoisotopic (exact) mass is 451 g/mol. The van der Waals surface area contributed by atoms with Gasteiger partial charge in [-0.25, -0.2) is 4.52 Å². The zero-order valence-electron chi connectivity index (χ0n) is 18.8. The number of anilines is 1. The summed E-state index contributed by atoms with van der Waals surface area (Å²) in [4.78, 5) is 28.1. The van der Waals surface area contributed by atoms with Crippen molar-refractivity contribution in [1.29, 1.82) is 0 Å². The van der Waals surface area contributed by atoms with E-state index in [0.717, 1.165) is 41.8 Å². The highest BCUT2D eigenvalue weighted by Crippen LogP contribution is 2.30. The number of rotatable bonds is 9. The molecule has 1 saturated heterocycles. The van der Waals surface area contributed by atoms with Gasteiger partial charge in [-0.2, -0.15) is 5.10 Å². The van der Waals surface area contributed by atoms with Crippen LogP contribution in [0.1, 0.15) is 29.4 Å². The minimum absolute atomic E-state index is 0.0159. The standard InChI is InChI=1S/C23H29N7O3/c1-3-14-7-25-11-19(14)29-22-18(23(24)32)10-28-30-12-16(6-20(22)30)15-4-5-17(26-8-15)9-27-21(31)13-33-2/h4-6,8,10,12,14,19,25,29H,3,7,9,11,13H2,1-2H3,(H2,24,32)(H,27,31)/t14-,19+/m0/s1. The lowest BCUT2D eigenvalue weighted by Gasteiger charge is -2.21. The van der Waals surface area contributed by atoms with Crippen molar-refractivity contribution in [2.45, 2.75) is 25.9 Å². The molecule has 5 N–H and O–H groups in total. The molecule has 0 aromatic carbocycles. The topological polar surface area (TPSA) is 136 Å². The van der Waals surface area contributed by atoms with E-state index < -0.39 is 5.91 Å². The third-order valence-corrected chi connectivity index (χ3v) is 6.00. The summed E-state index contributed by atoms with van der Waals surface area (Å²) in [6, 6.07) is 5.98. The number of hydrogen-bond acceptors (Lipinski definition) is 7. The Morgan fingerprint density at radius 1 is 1.27 bits per heavy atom. The van der Waals surface area contributed by atoms with Crippen LogP contribution >= 0.6 is 0 Å². The van der Waals surface area contributed by atoms with Crippen LogP contribution in [-0.4, -0.2) is 59.3 Å². The Kier molecular flexibility index (Phi) is 6.85. The molecule has 0 unspecified atom stereocenters. The molecule has 174 valence electrons. The number of hydrogen-bond donors (Lipinski definition) is 4. The second-order valence-electron chi connectivity index (χ2n) is 8.18. The van der Waals surface area contributed by atoms with Crippen LogP contribution in [0.4, 0.5) is 5.69 Å². The number of nitrogens with one attached hydrogen (secondary N) is 3. The van der Waals surface area contributed by atoms with E-state index in [1.807, 2.05) is 24.4 Å². The number of carbonyl (C=O) groups excluding carboxylic acids is 2. The van der Waals surface area contributed by atoms with Crippen molar-refractivity contribution in [3.05, 3.63) is 48.0 Å². The fraction of sp³-hybridized carbons (Fsp3) is 0.391. The van der Waals surface area contributed by atoms with Crippen LogP contribution in [0.5, 0.6) is 0 Å². The van der Waals surface area contributed by atoms with Crippen molar-refractivity contribution < 1.29 is 14.3 Å². The smallest absolute Gasteiger partial charge is 0.252 e. The van der Waals surface area contributed by atoms with Gasteiger partial charge >= 0.3 is 0 Å². The van der Waals surface area contributed by atoms with Gasteiger partial charge in [0.1, 0.15) is 6.61 Å². The first kappa shape index (κ1) is 22.7. The zero-order chi connectivity index (χ0) is 23.4. The van der Waals surface area contributed by atoms with Crippen molar-refractivity contribution in [2.24, 2.45) is 11.7 Å². The predicted octanol–water partition coefficient (Wildman–Crippen LogP) is 1.17. The maximum absolute atomic E-state index is 12.1. The summed E-state index contributed by atoms with van der Waals surface area (Å²) in [7, 11) is 1.48. The van der Waals surface area contributed by atoms with Crippen molar-refractivity contribution in [3.63, 3.8) is 0 Å². The van der Waals surface area contributed by atoms with Gasteiger partial charge in [0.2, 0.25) is 5.91 Å². The number of pyridine rings is 1. The van der Waals surface area contributed by atoms with E-state index in [9.17, 15) is 9.59 Å². The van der Waals surface area contributed by atoms with Crippen molar-refractivity contribution in [1.82, 2.24) is 25.2 Å². The maximum atomic E-state index is 12.1. The van der Waals surface area contributed by atoms with Crippen molar-refractivity contribution in [2.75, 3.05) is 32.1 Å². The molecule has 33 heavy (non-hydrogen) atoms. The fourth-order valence-corrected chi connectivity index (χ4v) is 4.14. The number of carbonyl (C=O) groups is 2. The Morgan fingerprint density at radius 2 is 2.12 bits per heavy atom. The molecule has 10 heteroatoms. The largest absolute Gasteiger partial charge is 0.378 e. The molecule has 10 nitrogen and oxygen atoms in total. The summed E-state index contributed by atoms with van der Waals surface area (Å²) in [5.41, 5.74) is 10.0. The first-order chi connectivity index (χ1) is 16.0. The Morgan fingerprint density at radius 3 is 2.82 bits per heavy atom. The van der Waals surface area contributed by atoms with Crippen LogP contribution in [0, 0.1) is 5.92 Å². The Bertz CT molecular complexity index is 1140. The summed E-state index contributed by atoms with van der Waals surface area (Å²) < 4.78 is 6.55. The molecule has 4 rings (SSSR count). The molecular weight excluding hydrogens is 422 g/mol. The second kappa shape index (κ2) is 9.97. The molecule has 2 amide bonds. The summed E-state index contributed by atoms with van der Waals surface area (Å²) in [6.07, 6.45) is 6.19. The lowest BCUT2D eigenvalue weighted by molar-refractivity contribution is -0.124. The number of methoxy groups -OCH3 is 1. The number of aromatic nitrogens is 3. The van der Waals surface area contributed by atoms with E-state index >= 15 is 0 Å². The number of amides is 2. The Labute approximate surface area is 191 Å². The van der Waals surface area contributed by atoms with E-state index in [-0.39, 0.29) is 18.6 Å². The molecule has 0 saturated carbocycles. The van der Waals surface area contributed by atoms with Crippen LogP contribution < -0.4 is 21.7 Å². The van der Waals surface area contributed by atoms with Crippen LogP contribution in [0.3, 0.4) is 0 Å². The Hall–Kier alpha value is -3.50. The summed E-state index contributed by atoms with van der Waals surface area (Å²) in [5.74, 6) is -0.244. The molecule has 1 fully saturated rings. The number of ether oxygens (including phenoxy) is 1. The van der Waals surface area contributed by atoms with Crippen molar-refractivity contribution in [3.8, 4) is 11.1 Å². The molecule has 3 aromatic rings. The average Bonchev–Trinajstić information content (AvgIpc) is 3.45. The van der Waals surface area contributed by atoms with Crippen LogP contribution in [-0.2, 0) is 16.1 Å². The molecule has 0 aliphatic carbocycles. The lowest BCUT2D eigenvalue weighted by Crippen LogP contribution is -2.30. The third kappa shape index (κ3) is 4.96. The van der Waals surface area contributed by atoms with E-state index in [4.69, 9.17) is 10.5 Å². The molecule has 4 heterocycles. The van der Waals surface area contributed by atoms with Crippen LogP contribution in [0.15, 0.2) is 36.8 Å². The van der Waals surface area contributed by atoms with Gasteiger partial charge in [0, 0.05) is 49.8 Å². The molecule has 1 aliphatic heterocycles. The molecular formula is C23H29N7O3. The molecule has 0 bridgehead atoms. The van der Waals surface area contributed by atoms with Gasteiger partial charge < -0.3 is 26.4 Å². The molecule has 1 aliphatic rings. The maximum Gasteiger partial charge on any atom is 0.252 e. The summed E-state index contributed by atoms with van der Waals surface area (Å²) in [5, 5.41) is 14.1. The number of primary amides is 1. The van der Waals surface area contributed by atoms with Gasteiger partial charge in [0.15, 0.2) is 0 Å². The van der Waals surface area contributed by atoms with Crippen LogP contribution in [0.2, 0.25) is 0 Å². The first-order valence-electron chi connectivity index (χ1n) is 11.0. The SMILES string of the molecule is CC[C@H]1CNC[C@H]1Nc1c(C(N)=O)cnn2cc(-c3ccc(CNC(=O)COC)nc3)cc12. The highest BCUT2D eigenvalue weighted by Gasteiger charge is 2.27. The molecule has 3 aromatic heterocycles. The number of nitrogens with zero attached hydrogens (tertiary/aromatic N) is 3. The van der Waals surface area contributed by atoms with Gasteiger partial charge in [-0.3, -0.25) is 14.6 Å². The highest BCUT2D eigenvalue weighted by molar-refractivity contribution is 6.02. The average molecular weight is 452 g/mol. The Balaban J connectivity index is 1.61. The van der Waals surface area contributed by atoms with E-state index in [1.54, 1.807) is 10.7 Å². The van der Waals surface area contributed by atoms with Gasteiger partial charge in [-0.1, -0.05) is 19.4 Å². The van der Waals surface area contributed by atoms with E-state index in [1.165, 1.54) is 13.3 Å². The fourth-order valence-electron chi connectivity index (χ4n) is 4.14. The van der Waals surface area contributed by atoms with Gasteiger partial charge in [-0.15, -0.1) is 0 Å². The molecule has 0 radical (unpaired) electrons. The minimum Gasteiger partial charge on any atom is -0.378 e. The van der Waals surface area contributed by atoms with E-state index in [0.29, 0.717) is 23.7 Å². The summed E-state index contributed by atoms with van der Waals surface area (Å²) >= 11 is 0. The minimum atomic E-state index is -0.518. The van der Waals surface area contributed by atoms with Gasteiger partial charge in [-0.05, 0) is 18.1 Å². The quantitative estimate of drug-likeness (QED) is 0.383. The first-order valence-corrected chi connectivity index (χ1v) is 11.0. The number of fused-ring (bicyclic) bond motifs is 1. The second-order valence-corrected chi connectivity index (χ2v) is 8.18. The van der Waals surface area contributed by atoms with Crippen LogP contribution in [0.25, 0.3) is 16.6 Å². The highest BCUT2D eigenvalue weighted by atomic mass is 16.5. The third-order valence-electron chi connectivity index (χ3n) is 6.00. The summed E-state index contributed by atoms with van der Waals surface area (Å²) in [6.45, 7) is 4.27.